The van der Waals surface area contributed by atoms with Gasteiger partial charge in [0.1, 0.15) is 0 Å². The second-order valence-corrected chi connectivity index (χ2v) is 6.29. The maximum atomic E-state index is 12.1. The molecule has 0 spiro atoms. The summed E-state index contributed by atoms with van der Waals surface area (Å²) in [7, 11) is -3.81. The van der Waals surface area contributed by atoms with Crippen LogP contribution in [0.1, 0.15) is 21.5 Å². The first-order valence-corrected chi connectivity index (χ1v) is 7.68. The number of carbonyl (C=O) groups is 1. The normalized spacial score (nSPS) is 11.2. The molecule has 0 aliphatic carbocycles. The Morgan fingerprint density at radius 3 is 2.52 bits per heavy atom. The summed E-state index contributed by atoms with van der Waals surface area (Å²) in [5.41, 5.74) is 2.39. The van der Waals surface area contributed by atoms with E-state index in [1.807, 2.05) is 6.92 Å². The highest BCUT2D eigenvalue weighted by atomic mass is 32.2. The zero-order chi connectivity index (χ0) is 15.6. The van der Waals surface area contributed by atoms with Crippen molar-refractivity contribution in [3.63, 3.8) is 0 Å². The van der Waals surface area contributed by atoms with E-state index in [0.717, 1.165) is 11.1 Å². The number of benzene rings is 1. The van der Waals surface area contributed by atoms with Crippen molar-refractivity contribution >= 4 is 21.6 Å². The molecule has 2 aromatic rings. The SMILES string of the molecule is Cc1cncc(C(=O)Nc2cc(S(N)(=O)=O)ccc2C)c1. The Kier molecular flexibility index (Phi) is 4.06. The van der Waals surface area contributed by atoms with Crippen LogP contribution in [0, 0.1) is 13.8 Å². The van der Waals surface area contributed by atoms with Gasteiger partial charge in [0, 0.05) is 18.1 Å². The lowest BCUT2D eigenvalue weighted by Gasteiger charge is -2.10. The number of anilines is 1. The Labute approximate surface area is 123 Å². The largest absolute Gasteiger partial charge is 0.322 e. The molecule has 1 aromatic carbocycles. The van der Waals surface area contributed by atoms with Crippen LogP contribution in [0.4, 0.5) is 5.69 Å². The number of carbonyl (C=O) groups excluding carboxylic acids is 1. The highest BCUT2D eigenvalue weighted by molar-refractivity contribution is 7.89. The fraction of sp³-hybridized carbons (Fsp3) is 0.143. The number of nitrogens with two attached hydrogens (primary N) is 1. The molecule has 2 rings (SSSR count). The van der Waals surface area contributed by atoms with Gasteiger partial charge in [0.25, 0.3) is 5.91 Å². The van der Waals surface area contributed by atoms with Crippen LogP contribution in [-0.4, -0.2) is 19.3 Å². The van der Waals surface area contributed by atoms with Crippen molar-refractivity contribution in [2.24, 2.45) is 5.14 Å². The average Bonchev–Trinajstić information content (AvgIpc) is 2.40. The van der Waals surface area contributed by atoms with Gasteiger partial charge in [0.2, 0.25) is 10.0 Å². The molecule has 0 radical (unpaired) electrons. The summed E-state index contributed by atoms with van der Waals surface area (Å²) in [6, 6.07) is 6.02. The molecule has 0 bridgehead atoms. The number of sulfonamides is 1. The molecule has 0 unspecified atom stereocenters. The fourth-order valence-electron chi connectivity index (χ4n) is 1.79. The van der Waals surface area contributed by atoms with Gasteiger partial charge in [-0.25, -0.2) is 13.6 Å². The number of aryl methyl sites for hydroxylation is 2. The average molecular weight is 305 g/mol. The van der Waals surface area contributed by atoms with E-state index in [1.165, 1.54) is 18.3 Å². The van der Waals surface area contributed by atoms with E-state index in [0.29, 0.717) is 11.3 Å². The van der Waals surface area contributed by atoms with Crippen molar-refractivity contribution in [3.05, 3.63) is 53.3 Å². The molecule has 110 valence electrons. The van der Waals surface area contributed by atoms with Crippen LogP contribution in [0.3, 0.4) is 0 Å². The lowest BCUT2D eigenvalue weighted by Crippen LogP contribution is -2.16. The number of nitrogens with one attached hydrogen (secondary N) is 1. The predicted molar refractivity (Wildman–Crippen MR) is 79.5 cm³/mol. The van der Waals surface area contributed by atoms with Gasteiger partial charge >= 0.3 is 0 Å². The van der Waals surface area contributed by atoms with Crippen LogP contribution in [0.2, 0.25) is 0 Å². The van der Waals surface area contributed by atoms with Gasteiger partial charge < -0.3 is 5.32 Å². The first-order valence-electron chi connectivity index (χ1n) is 6.14. The van der Waals surface area contributed by atoms with Crippen LogP contribution < -0.4 is 10.5 Å². The van der Waals surface area contributed by atoms with E-state index in [9.17, 15) is 13.2 Å². The minimum atomic E-state index is -3.81. The number of nitrogens with zero attached hydrogens (tertiary/aromatic N) is 1. The summed E-state index contributed by atoms with van der Waals surface area (Å²) in [6.45, 7) is 3.59. The smallest absolute Gasteiger partial charge is 0.257 e. The van der Waals surface area contributed by atoms with Crippen molar-refractivity contribution in [2.45, 2.75) is 18.7 Å². The molecule has 1 aromatic heterocycles. The summed E-state index contributed by atoms with van der Waals surface area (Å²) >= 11 is 0. The van der Waals surface area contributed by atoms with Crippen LogP contribution in [0.15, 0.2) is 41.6 Å². The summed E-state index contributed by atoms with van der Waals surface area (Å²) < 4.78 is 22.7. The Bertz CT molecular complexity index is 801. The third-order valence-electron chi connectivity index (χ3n) is 2.92. The van der Waals surface area contributed by atoms with Crippen LogP contribution >= 0.6 is 0 Å². The Morgan fingerprint density at radius 1 is 1.19 bits per heavy atom. The Hall–Kier alpha value is -2.25. The maximum Gasteiger partial charge on any atom is 0.257 e. The number of hydrogen-bond donors (Lipinski definition) is 2. The minimum absolute atomic E-state index is 0.0502. The van der Waals surface area contributed by atoms with E-state index >= 15 is 0 Å². The highest BCUT2D eigenvalue weighted by Crippen LogP contribution is 2.20. The van der Waals surface area contributed by atoms with Crippen molar-refractivity contribution < 1.29 is 13.2 Å². The van der Waals surface area contributed by atoms with Gasteiger partial charge in [-0.15, -0.1) is 0 Å². The monoisotopic (exact) mass is 305 g/mol. The summed E-state index contributed by atoms with van der Waals surface area (Å²) in [4.78, 5) is 16.0. The number of aromatic nitrogens is 1. The van der Waals surface area contributed by atoms with Gasteiger partial charge in [-0.05, 0) is 43.2 Å². The standard InChI is InChI=1S/C14H15N3O3S/c1-9-5-11(8-16-7-9)14(18)17-13-6-12(21(15,19)20)4-3-10(13)2/h3-8H,1-2H3,(H,17,18)(H2,15,19,20). The third kappa shape index (κ3) is 3.65. The summed E-state index contributed by atoms with van der Waals surface area (Å²) in [5.74, 6) is -0.360. The Balaban J connectivity index is 2.33. The van der Waals surface area contributed by atoms with Gasteiger partial charge in [-0.1, -0.05) is 6.07 Å². The minimum Gasteiger partial charge on any atom is -0.322 e. The molecule has 0 aliphatic rings. The first kappa shape index (κ1) is 15.1. The van der Waals surface area contributed by atoms with E-state index in [2.05, 4.69) is 10.3 Å². The molecule has 1 heterocycles. The number of pyridine rings is 1. The van der Waals surface area contributed by atoms with E-state index in [4.69, 9.17) is 5.14 Å². The molecule has 6 nitrogen and oxygen atoms in total. The molecule has 0 saturated carbocycles. The van der Waals surface area contributed by atoms with E-state index < -0.39 is 10.0 Å². The van der Waals surface area contributed by atoms with Crippen LogP contribution in [0.25, 0.3) is 0 Å². The lowest BCUT2D eigenvalue weighted by molar-refractivity contribution is 0.102. The Morgan fingerprint density at radius 2 is 1.90 bits per heavy atom. The molecular formula is C14H15N3O3S. The zero-order valence-electron chi connectivity index (χ0n) is 11.6. The van der Waals surface area contributed by atoms with Gasteiger partial charge in [-0.3, -0.25) is 9.78 Å². The number of amides is 1. The van der Waals surface area contributed by atoms with Crippen molar-refractivity contribution in [1.82, 2.24) is 4.98 Å². The van der Waals surface area contributed by atoms with Gasteiger partial charge in [0.15, 0.2) is 0 Å². The summed E-state index contributed by atoms with van der Waals surface area (Å²) in [6.07, 6.45) is 3.09. The molecular weight excluding hydrogens is 290 g/mol. The molecule has 0 fully saturated rings. The predicted octanol–water partition coefficient (Wildman–Crippen LogP) is 1.60. The van der Waals surface area contributed by atoms with Crippen LogP contribution in [-0.2, 0) is 10.0 Å². The van der Waals surface area contributed by atoms with Crippen LogP contribution in [0.5, 0.6) is 0 Å². The fourth-order valence-corrected chi connectivity index (χ4v) is 2.33. The molecule has 3 N–H and O–H groups in total. The molecule has 1 amide bonds. The quantitative estimate of drug-likeness (QED) is 0.899. The van der Waals surface area contributed by atoms with Crippen molar-refractivity contribution in [1.29, 1.82) is 0 Å². The molecule has 7 heteroatoms. The molecule has 0 saturated heterocycles. The number of primary sulfonamides is 1. The topological polar surface area (TPSA) is 102 Å². The first-order chi connectivity index (χ1) is 9.77. The van der Waals surface area contributed by atoms with Crippen molar-refractivity contribution in [2.75, 3.05) is 5.32 Å². The van der Waals surface area contributed by atoms with Gasteiger partial charge in [0.05, 0.1) is 10.5 Å². The second kappa shape index (κ2) is 5.63. The maximum absolute atomic E-state index is 12.1. The number of rotatable bonds is 3. The zero-order valence-corrected chi connectivity index (χ0v) is 12.4. The lowest BCUT2D eigenvalue weighted by atomic mass is 10.1. The number of hydrogen-bond acceptors (Lipinski definition) is 4. The summed E-state index contributed by atoms with van der Waals surface area (Å²) in [5, 5.41) is 7.75. The van der Waals surface area contributed by atoms with Gasteiger partial charge in [-0.2, -0.15) is 0 Å². The molecule has 0 atom stereocenters. The highest BCUT2D eigenvalue weighted by Gasteiger charge is 2.13. The van der Waals surface area contributed by atoms with E-state index in [1.54, 1.807) is 25.3 Å². The van der Waals surface area contributed by atoms with Crippen molar-refractivity contribution in [3.8, 4) is 0 Å². The van der Waals surface area contributed by atoms with E-state index in [-0.39, 0.29) is 10.8 Å². The third-order valence-corrected chi connectivity index (χ3v) is 3.83. The molecule has 0 aliphatic heterocycles. The second-order valence-electron chi connectivity index (χ2n) is 4.73. The molecule has 21 heavy (non-hydrogen) atoms.